The van der Waals surface area contributed by atoms with E-state index in [-0.39, 0.29) is 0 Å². The largest absolute Gasteiger partial charge is 0.351 e. The number of halogens is 2. The molecular formula is C9H9F2NO3. The fraction of sp³-hybridized carbons (Fsp3) is 0.333. The minimum absolute atomic E-state index is 0.461. The van der Waals surface area contributed by atoms with Crippen LogP contribution in [0.2, 0.25) is 0 Å². The lowest BCUT2D eigenvalue weighted by Crippen LogP contribution is -2.09. The van der Waals surface area contributed by atoms with E-state index in [9.17, 15) is 13.7 Å². The van der Waals surface area contributed by atoms with Gasteiger partial charge in [-0.05, 0) is 17.3 Å². The SMILES string of the molecule is COC(OC)c1c(F)ccc(N=O)c1F. The van der Waals surface area contributed by atoms with Crippen LogP contribution in [0.4, 0.5) is 14.5 Å². The summed E-state index contributed by atoms with van der Waals surface area (Å²) in [6.07, 6.45) is -1.20. The van der Waals surface area contributed by atoms with Crippen LogP contribution in [0, 0.1) is 16.5 Å². The highest BCUT2D eigenvalue weighted by Gasteiger charge is 2.22. The summed E-state index contributed by atoms with van der Waals surface area (Å²) in [6.45, 7) is 0. The van der Waals surface area contributed by atoms with Gasteiger partial charge in [0.25, 0.3) is 0 Å². The fourth-order valence-corrected chi connectivity index (χ4v) is 1.18. The Labute approximate surface area is 84.8 Å². The first kappa shape index (κ1) is 11.7. The molecule has 0 fully saturated rings. The molecule has 0 saturated carbocycles. The molecule has 1 aromatic rings. The summed E-state index contributed by atoms with van der Waals surface area (Å²) in [5, 5.41) is 2.42. The quantitative estimate of drug-likeness (QED) is 0.575. The van der Waals surface area contributed by atoms with Crippen LogP contribution in [-0.2, 0) is 9.47 Å². The second-order valence-corrected chi connectivity index (χ2v) is 2.69. The van der Waals surface area contributed by atoms with Gasteiger partial charge in [-0.2, -0.15) is 0 Å². The minimum atomic E-state index is -1.20. The molecule has 0 aliphatic carbocycles. The van der Waals surface area contributed by atoms with Gasteiger partial charge >= 0.3 is 0 Å². The van der Waals surface area contributed by atoms with E-state index in [0.29, 0.717) is 0 Å². The van der Waals surface area contributed by atoms with Crippen LogP contribution in [0.5, 0.6) is 0 Å². The highest BCUT2D eigenvalue weighted by atomic mass is 19.1. The summed E-state index contributed by atoms with van der Waals surface area (Å²) in [6, 6.07) is 1.88. The van der Waals surface area contributed by atoms with E-state index in [1.54, 1.807) is 0 Å². The van der Waals surface area contributed by atoms with Crippen LogP contribution < -0.4 is 0 Å². The van der Waals surface area contributed by atoms with Crippen LogP contribution in [-0.4, -0.2) is 14.2 Å². The second-order valence-electron chi connectivity index (χ2n) is 2.69. The van der Waals surface area contributed by atoms with Gasteiger partial charge in [0.15, 0.2) is 12.1 Å². The number of ether oxygens (including phenoxy) is 2. The van der Waals surface area contributed by atoms with Crippen molar-refractivity contribution in [3.8, 4) is 0 Å². The number of nitrogens with zero attached hydrogens (tertiary/aromatic N) is 1. The molecule has 0 radical (unpaired) electrons. The zero-order valence-electron chi connectivity index (χ0n) is 8.16. The Balaban J connectivity index is 3.31. The third-order valence-corrected chi connectivity index (χ3v) is 1.87. The summed E-state index contributed by atoms with van der Waals surface area (Å²) in [5.41, 5.74) is -0.942. The van der Waals surface area contributed by atoms with E-state index in [4.69, 9.17) is 9.47 Å². The van der Waals surface area contributed by atoms with Crippen LogP contribution >= 0.6 is 0 Å². The molecule has 0 saturated heterocycles. The summed E-state index contributed by atoms with van der Waals surface area (Å²) in [4.78, 5) is 10.2. The highest BCUT2D eigenvalue weighted by molar-refractivity contribution is 5.43. The van der Waals surface area contributed by atoms with Crippen molar-refractivity contribution in [2.24, 2.45) is 5.18 Å². The second kappa shape index (κ2) is 4.90. The maximum absolute atomic E-state index is 13.5. The average Bonchev–Trinajstić information content (AvgIpc) is 2.24. The summed E-state index contributed by atoms with van der Waals surface area (Å²) >= 11 is 0. The van der Waals surface area contributed by atoms with Gasteiger partial charge in [-0.15, -0.1) is 4.91 Å². The van der Waals surface area contributed by atoms with Gasteiger partial charge in [0, 0.05) is 14.2 Å². The molecule has 6 heteroatoms. The Hall–Kier alpha value is -1.40. The Bertz CT molecular complexity index is 367. The van der Waals surface area contributed by atoms with E-state index in [1.165, 1.54) is 14.2 Å². The third-order valence-electron chi connectivity index (χ3n) is 1.87. The van der Waals surface area contributed by atoms with Gasteiger partial charge in [-0.3, -0.25) is 0 Å². The van der Waals surface area contributed by atoms with E-state index >= 15 is 0 Å². The lowest BCUT2D eigenvalue weighted by atomic mass is 10.1. The molecule has 1 aromatic carbocycles. The van der Waals surface area contributed by atoms with Crippen LogP contribution in [0.1, 0.15) is 11.9 Å². The maximum atomic E-state index is 13.5. The Morgan fingerprint density at radius 3 is 2.33 bits per heavy atom. The first-order chi connectivity index (χ1) is 7.15. The number of hydrogen-bond acceptors (Lipinski definition) is 4. The molecule has 1 rings (SSSR count). The van der Waals surface area contributed by atoms with Crippen molar-refractivity contribution in [1.29, 1.82) is 0 Å². The topological polar surface area (TPSA) is 47.9 Å². The highest BCUT2D eigenvalue weighted by Crippen LogP contribution is 2.29. The van der Waals surface area contributed by atoms with Crippen LogP contribution in [0.25, 0.3) is 0 Å². The number of rotatable bonds is 4. The summed E-state index contributed by atoms with van der Waals surface area (Å²) in [7, 11) is 2.46. The normalized spacial score (nSPS) is 10.7. The molecule has 0 spiro atoms. The number of benzene rings is 1. The first-order valence-corrected chi connectivity index (χ1v) is 4.02. The molecule has 0 aromatic heterocycles. The van der Waals surface area contributed by atoms with Crippen molar-refractivity contribution >= 4 is 5.69 Å². The van der Waals surface area contributed by atoms with Gasteiger partial charge < -0.3 is 9.47 Å². The molecule has 0 bridgehead atoms. The molecule has 82 valence electrons. The van der Waals surface area contributed by atoms with Gasteiger partial charge in [0.2, 0.25) is 0 Å². The predicted molar refractivity (Wildman–Crippen MR) is 48.6 cm³/mol. The number of hydrogen-bond donors (Lipinski definition) is 0. The van der Waals surface area contributed by atoms with Crippen LogP contribution in [0.15, 0.2) is 17.3 Å². The molecule has 0 heterocycles. The van der Waals surface area contributed by atoms with Gasteiger partial charge in [-0.1, -0.05) is 0 Å². The van der Waals surface area contributed by atoms with Crippen molar-refractivity contribution < 1.29 is 18.3 Å². The average molecular weight is 217 g/mol. The monoisotopic (exact) mass is 217 g/mol. The molecule has 0 unspecified atom stereocenters. The molecule has 0 atom stereocenters. The van der Waals surface area contributed by atoms with E-state index in [0.717, 1.165) is 12.1 Å². The minimum Gasteiger partial charge on any atom is -0.351 e. The molecule has 0 aliphatic rings. The lowest BCUT2D eigenvalue weighted by molar-refractivity contribution is -0.109. The van der Waals surface area contributed by atoms with Gasteiger partial charge in [0.1, 0.15) is 11.5 Å². The third kappa shape index (κ3) is 2.16. The first-order valence-electron chi connectivity index (χ1n) is 4.02. The summed E-state index contributed by atoms with van der Waals surface area (Å²) < 4.78 is 36.1. The van der Waals surface area contributed by atoms with Crippen molar-refractivity contribution in [3.63, 3.8) is 0 Å². The maximum Gasteiger partial charge on any atom is 0.188 e. The Morgan fingerprint density at radius 1 is 1.27 bits per heavy atom. The molecule has 15 heavy (non-hydrogen) atoms. The van der Waals surface area contributed by atoms with Crippen molar-refractivity contribution in [2.75, 3.05) is 14.2 Å². The standard InChI is InChI=1S/C9H9F2NO3/c1-14-9(15-2)7-5(10)3-4-6(12-13)8(7)11/h3-4,9H,1-2H3. The molecule has 0 N–H and O–H groups in total. The predicted octanol–water partition coefficient (Wildman–Crippen LogP) is 2.65. The molecular weight excluding hydrogens is 208 g/mol. The number of nitroso groups, excluding NO2 is 1. The Kier molecular flexibility index (Phi) is 3.81. The zero-order valence-corrected chi connectivity index (χ0v) is 8.16. The van der Waals surface area contributed by atoms with Crippen molar-refractivity contribution in [3.05, 3.63) is 34.2 Å². The van der Waals surface area contributed by atoms with E-state index in [1.807, 2.05) is 0 Å². The zero-order chi connectivity index (χ0) is 11.4. The smallest absolute Gasteiger partial charge is 0.188 e. The van der Waals surface area contributed by atoms with Gasteiger partial charge in [-0.25, -0.2) is 8.78 Å². The molecule has 0 aliphatic heterocycles. The van der Waals surface area contributed by atoms with Gasteiger partial charge in [0.05, 0.1) is 5.56 Å². The van der Waals surface area contributed by atoms with Crippen LogP contribution in [0.3, 0.4) is 0 Å². The lowest BCUT2D eigenvalue weighted by Gasteiger charge is -2.15. The molecule has 4 nitrogen and oxygen atoms in total. The number of methoxy groups -OCH3 is 2. The fourth-order valence-electron chi connectivity index (χ4n) is 1.18. The van der Waals surface area contributed by atoms with E-state index < -0.39 is 29.2 Å². The Morgan fingerprint density at radius 2 is 1.87 bits per heavy atom. The van der Waals surface area contributed by atoms with E-state index in [2.05, 4.69) is 5.18 Å². The summed E-state index contributed by atoms with van der Waals surface area (Å²) in [5.74, 6) is -1.92. The van der Waals surface area contributed by atoms with Crippen molar-refractivity contribution in [1.82, 2.24) is 0 Å². The molecule has 0 amide bonds. The van der Waals surface area contributed by atoms with Crippen molar-refractivity contribution in [2.45, 2.75) is 6.29 Å².